The molecule has 20 heavy (non-hydrogen) atoms. The first kappa shape index (κ1) is 14.5. The summed E-state index contributed by atoms with van der Waals surface area (Å²) in [5, 5.41) is 10.8. The minimum atomic E-state index is -0.485. The zero-order valence-electron chi connectivity index (χ0n) is 11.8. The number of hydrogen-bond acceptors (Lipinski definition) is 4. The summed E-state index contributed by atoms with van der Waals surface area (Å²) in [5.41, 5.74) is 1.07. The first-order valence-corrected chi connectivity index (χ1v) is 6.57. The van der Waals surface area contributed by atoms with Gasteiger partial charge in [-0.25, -0.2) is 0 Å². The normalized spacial score (nSPS) is 22.6. The second-order valence-electron chi connectivity index (χ2n) is 5.21. The third-order valence-corrected chi connectivity index (χ3v) is 3.53. The van der Waals surface area contributed by atoms with Gasteiger partial charge in [-0.1, -0.05) is 6.07 Å². The maximum absolute atomic E-state index is 12.6. The Hall–Kier alpha value is -1.95. The Bertz CT molecular complexity index is 544. The molecule has 0 spiro atoms. The number of benzene rings is 1. The van der Waals surface area contributed by atoms with Crippen LogP contribution in [0.25, 0.3) is 0 Å². The van der Waals surface area contributed by atoms with Gasteiger partial charge in [0.25, 0.3) is 11.6 Å². The van der Waals surface area contributed by atoms with Crippen LogP contribution in [-0.4, -0.2) is 41.0 Å². The first-order chi connectivity index (χ1) is 9.40. The summed E-state index contributed by atoms with van der Waals surface area (Å²) in [4.78, 5) is 24.7. The summed E-state index contributed by atoms with van der Waals surface area (Å²) < 4.78 is 5.50. The quantitative estimate of drug-likeness (QED) is 0.613. The first-order valence-electron chi connectivity index (χ1n) is 6.57. The van der Waals surface area contributed by atoms with Crippen molar-refractivity contribution in [1.29, 1.82) is 0 Å². The second-order valence-corrected chi connectivity index (χ2v) is 5.21. The van der Waals surface area contributed by atoms with Crippen molar-refractivity contribution in [2.24, 2.45) is 0 Å². The van der Waals surface area contributed by atoms with Gasteiger partial charge < -0.3 is 9.64 Å². The van der Waals surface area contributed by atoms with Gasteiger partial charge in [-0.05, 0) is 26.3 Å². The van der Waals surface area contributed by atoms with Crippen LogP contribution in [0.15, 0.2) is 18.2 Å². The highest BCUT2D eigenvalue weighted by Gasteiger charge is 2.29. The highest BCUT2D eigenvalue weighted by atomic mass is 16.6. The molecule has 0 bridgehead atoms. The largest absolute Gasteiger partial charge is 0.375 e. The number of morpholine rings is 1. The highest BCUT2D eigenvalue weighted by molar-refractivity contribution is 5.96. The summed E-state index contributed by atoms with van der Waals surface area (Å²) in [5.74, 6) is -0.172. The molecule has 2 unspecified atom stereocenters. The van der Waals surface area contributed by atoms with Crippen LogP contribution in [0.2, 0.25) is 0 Å². The smallest absolute Gasteiger partial charge is 0.270 e. The van der Waals surface area contributed by atoms with E-state index in [1.54, 1.807) is 17.9 Å². The number of nitro groups is 1. The van der Waals surface area contributed by atoms with Crippen molar-refractivity contribution in [3.8, 4) is 0 Å². The van der Waals surface area contributed by atoms with E-state index in [-0.39, 0.29) is 23.7 Å². The van der Waals surface area contributed by atoms with E-state index in [1.807, 2.05) is 13.8 Å². The van der Waals surface area contributed by atoms with Gasteiger partial charge in [-0.3, -0.25) is 14.9 Å². The van der Waals surface area contributed by atoms with Crippen molar-refractivity contribution in [3.63, 3.8) is 0 Å². The third-order valence-electron chi connectivity index (χ3n) is 3.53. The molecule has 2 atom stereocenters. The van der Waals surface area contributed by atoms with Crippen molar-refractivity contribution < 1.29 is 14.5 Å². The van der Waals surface area contributed by atoms with Crippen molar-refractivity contribution >= 4 is 11.6 Å². The SMILES string of the molecule is Cc1ccc([N+](=O)[O-])cc1C(=O)N1CC(C)OCC1C. The fourth-order valence-electron chi connectivity index (χ4n) is 2.29. The topological polar surface area (TPSA) is 72.7 Å². The molecule has 2 rings (SSSR count). The molecule has 1 aromatic carbocycles. The summed E-state index contributed by atoms with van der Waals surface area (Å²) in [6.45, 7) is 6.59. The summed E-state index contributed by atoms with van der Waals surface area (Å²) in [7, 11) is 0. The van der Waals surface area contributed by atoms with Crippen LogP contribution in [0.1, 0.15) is 29.8 Å². The van der Waals surface area contributed by atoms with Crippen LogP contribution >= 0.6 is 0 Å². The Morgan fingerprint density at radius 2 is 2.15 bits per heavy atom. The molecular formula is C14H18N2O4. The Kier molecular flexibility index (Phi) is 4.04. The average molecular weight is 278 g/mol. The molecule has 6 heteroatoms. The van der Waals surface area contributed by atoms with E-state index in [0.29, 0.717) is 18.7 Å². The van der Waals surface area contributed by atoms with Gasteiger partial charge in [0.2, 0.25) is 0 Å². The number of nitro benzene ring substituents is 1. The maximum atomic E-state index is 12.6. The van der Waals surface area contributed by atoms with Gasteiger partial charge in [0.1, 0.15) is 0 Å². The van der Waals surface area contributed by atoms with E-state index in [0.717, 1.165) is 5.56 Å². The van der Waals surface area contributed by atoms with Crippen molar-refractivity contribution in [3.05, 3.63) is 39.4 Å². The number of carbonyl (C=O) groups is 1. The highest BCUT2D eigenvalue weighted by Crippen LogP contribution is 2.21. The number of hydrogen-bond donors (Lipinski definition) is 0. The molecule has 0 N–H and O–H groups in total. The summed E-state index contributed by atoms with van der Waals surface area (Å²) in [6, 6.07) is 4.35. The van der Waals surface area contributed by atoms with E-state index >= 15 is 0 Å². The molecule has 1 aliphatic heterocycles. The van der Waals surface area contributed by atoms with Gasteiger partial charge in [-0.2, -0.15) is 0 Å². The van der Waals surface area contributed by atoms with Crippen LogP contribution in [0.3, 0.4) is 0 Å². The van der Waals surface area contributed by atoms with Crippen LogP contribution in [-0.2, 0) is 4.74 Å². The minimum Gasteiger partial charge on any atom is -0.375 e. The molecule has 108 valence electrons. The molecule has 1 fully saturated rings. The Balaban J connectivity index is 2.32. The average Bonchev–Trinajstić information content (AvgIpc) is 2.41. The van der Waals surface area contributed by atoms with E-state index in [4.69, 9.17) is 4.74 Å². The molecular weight excluding hydrogens is 260 g/mol. The zero-order valence-corrected chi connectivity index (χ0v) is 11.8. The standard InChI is InChI=1S/C14H18N2O4/c1-9-4-5-12(16(18)19)6-13(9)14(17)15-7-11(3)20-8-10(15)2/h4-6,10-11H,7-8H2,1-3H3. The monoisotopic (exact) mass is 278 g/mol. The number of nitrogens with zero attached hydrogens (tertiary/aromatic N) is 2. The number of carbonyl (C=O) groups excluding carboxylic acids is 1. The van der Waals surface area contributed by atoms with E-state index < -0.39 is 4.92 Å². The molecule has 1 aromatic rings. The van der Waals surface area contributed by atoms with Crippen molar-refractivity contribution in [2.75, 3.05) is 13.2 Å². The van der Waals surface area contributed by atoms with E-state index in [1.165, 1.54) is 12.1 Å². The van der Waals surface area contributed by atoms with Crippen LogP contribution in [0.5, 0.6) is 0 Å². The molecule has 1 saturated heterocycles. The minimum absolute atomic E-state index is 0.0193. The number of amides is 1. The summed E-state index contributed by atoms with van der Waals surface area (Å²) >= 11 is 0. The van der Waals surface area contributed by atoms with E-state index in [2.05, 4.69) is 0 Å². The lowest BCUT2D eigenvalue weighted by Crippen LogP contribution is -2.50. The Morgan fingerprint density at radius 3 is 2.80 bits per heavy atom. The second kappa shape index (κ2) is 5.58. The Labute approximate surface area is 117 Å². The lowest BCUT2D eigenvalue weighted by Gasteiger charge is -2.37. The molecule has 1 amide bonds. The maximum Gasteiger partial charge on any atom is 0.270 e. The molecule has 1 aliphatic rings. The summed E-state index contributed by atoms with van der Waals surface area (Å²) in [6.07, 6.45) is -0.0193. The van der Waals surface area contributed by atoms with Gasteiger partial charge in [0.05, 0.1) is 23.7 Å². The fourth-order valence-corrected chi connectivity index (χ4v) is 2.29. The zero-order chi connectivity index (χ0) is 14.9. The van der Waals surface area contributed by atoms with Gasteiger partial charge in [0, 0.05) is 24.2 Å². The molecule has 1 heterocycles. The fraction of sp³-hybridized carbons (Fsp3) is 0.500. The van der Waals surface area contributed by atoms with Crippen molar-refractivity contribution in [2.45, 2.75) is 32.9 Å². The number of aryl methyl sites for hydroxylation is 1. The molecule has 0 aliphatic carbocycles. The van der Waals surface area contributed by atoms with Gasteiger partial charge in [0.15, 0.2) is 0 Å². The lowest BCUT2D eigenvalue weighted by molar-refractivity contribution is -0.384. The molecule has 0 saturated carbocycles. The number of rotatable bonds is 2. The third kappa shape index (κ3) is 2.80. The van der Waals surface area contributed by atoms with Crippen LogP contribution < -0.4 is 0 Å². The molecule has 0 aromatic heterocycles. The number of non-ortho nitro benzene ring substituents is 1. The molecule has 6 nitrogen and oxygen atoms in total. The number of ether oxygens (including phenoxy) is 1. The van der Waals surface area contributed by atoms with E-state index in [9.17, 15) is 14.9 Å². The lowest BCUT2D eigenvalue weighted by atomic mass is 10.0. The molecule has 0 radical (unpaired) electrons. The van der Waals surface area contributed by atoms with Crippen LogP contribution in [0, 0.1) is 17.0 Å². The van der Waals surface area contributed by atoms with Gasteiger partial charge >= 0.3 is 0 Å². The predicted octanol–water partition coefficient (Wildman–Crippen LogP) is 2.15. The predicted molar refractivity (Wildman–Crippen MR) is 73.7 cm³/mol. The van der Waals surface area contributed by atoms with Crippen molar-refractivity contribution in [1.82, 2.24) is 4.90 Å². The van der Waals surface area contributed by atoms with Gasteiger partial charge in [-0.15, -0.1) is 0 Å². The van der Waals surface area contributed by atoms with Crippen LogP contribution in [0.4, 0.5) is 5.69 Å². The Morgan fingerprint density at radius 1 is 1.45 bits per heavy atom.